The molecule has 0 radical (unpaired) electrons. The molecule has 1 heterocycles. The van der Waals surface area contributed by atoms with Crippen LogP contribution >= 0.6 is 11.3 Å². The van der Waals surface area contributed by atoms with E-state index >= 15 is 0 Å². The monoisotopic (exact) mass is 337 g/mol. The van der Waals surface area contributed by atoms with Gasteiger partial charge in [0, 0.05) is 36.7 Å². The second-order valence-corrected chi connectivity index (χ2v) is 7.69. The second kappa shape index (κ2) is 6.87. The van der Waals surface area contributed by atoms with E-state index < -0.39 is 0 Å². The van der Waals surface area contributed by atoms with Gasteiger partial charge in [-0.25, -0.2) is 4.98 Å². The Morgan fingerprint density at radius 1 is 1.43 bits per heavy atom. The lowest BCUT2D eigenvalue weighted by molar-refractivity contribution is -0.162. The van der Waals surface area contributed by atoms with Crippen molar-refractivity contribution in [3.05, 3.63) is 11.6 Å². The van der Waals surface area contributed by atoms with Crippen LogP contribution in [0.25, 0.3) is 0 Å². The summed E-state index contributed by atoms with van der Waals surface area (Å²) in [5.41, 5.74) is 0.283. The number of amides is 1. The van der Waals surface area contributed by atoms with Gasteiger partial charge in [-0.15, -0.1) is 11.3 Å². The fourth-order valence-corrected chi connectivity index (χ4v) is 5.01. The summed E-state index contributed by atoms with van der Waals surface area (Å²) in [7, 11) is 3.89. The normalized spacial score (nSPS) is 25.7. The minimum absolute atomic E-state index is 0.107. The minimum Gasteiger partial charge on any atom is -0.378 e. The molecule has 2 fully saturated rings. The van der Waals surface area contributed by atoms with Gasteiger partial charge in [0.25, 0.3) is 0 Å². The summed E-state index contributed by atoms with van der Waals surface area (Å²) in [5, 5.41) is 2.66. The highest BCUT2D eigenvalue weighted by Crippen LogP contribution is 2.56. The van der Waals surface area contributed by atoms with Crippen molar-refractivity contribution >= 4 is 22.4 Å². The summed E-state index contributed by atoms with van der Waals surface area (Å²) in [6.45, 7) is 3.31. The highest BCUT2D eigenvalue weighted by molar-refractivity contribution is 7.13. The van der Waals surface area contributed by atoms with Crippen LogP contribution in [0.1, 0.15) is 39.0 Å². The van der Waals surface area contributed by atoms with Crippen LogP contribution in [-0.4, -0.2) is 55.2 Å². The average Bonchev–Trinajstić information content (AvgIpc) is 3.22. The Morgan fingerprint density at radius 2 is 2.17 bits per heavy atom. The molecule has 23 heavy (non-hydrogen) atoms. The fraction of sp³-hybridized carbons (Fsp3) is 0.765. The van der Waals surface area contributed by atoms with E-state index in [0.29, 0.717) is 18.7 Å². The van der Waals surface area contributed by atoms with Gasteiger partial charge in [0.2, 0.25) is 5.91 Å². The Morgan fingerprint density at radius 3 is 2.78 bits per heavy atom. The van der Waals surface area contributed by atoms with E-state index in [1.165, 1.54) is 37.0 Å². The summed E-state index contributed by atoms with van der Waals surface area (Å²) in [5.74, 6) is 0.107. The first-order valence-corrected chi connectivity index (χ1v) is 9.44. The third kappa shape index (κ3) is 3.04. The maximum Gasteiger partial charge on any atom is 0.242 e. The number of hydrogen-bond donors (Lipinski definition) is 0. The molecule has 6 heteroatoms. The van der Waals surface area contributed by atoms with E-state index in [0.717, 1.165) is 18.2 Å². The molecule has 0 saturated heterocycles. The van der Waals surface area contributed by atoms with E-state index in [2.05, 4.69) is 23.9 Å². The van der Waals surface area contributed by atoms with Crippen molar-refractivity contribution in [1.29, 1.82) is 0 Å². The van der Waals surface area contributed by atoms with Crippen molar-refractivity contribution in [2.75, 3.05) is 32.1 Å². The maximum absolute atomic E-state index is 12.5. The largest absolute Gasteiger partial charge is 0.378 e. The predicted octanol–water partition coefficient (Wildman–Crippen LogP) is 2.78. The molecule has 1 aromatic rings. The number of thiazole rings is 1. The number of carbonyl (C=O) groups is 1. The van der Waals surface area contributed by atoms with Crippen LogP contribution in [0.3, 0.4) is 0 Å². The molecule has 0 bridgehead atoms. The van der Waals surface area contributed by atoms with Crippen LogP contribution in [0.2, 0.25) is 0 Å². The Kier molecular flexibility index (Phi) is 5.04. The van der Waals surface area contributed by atoms with Crippen molar-refractivity contribution in [2.24, 2.45) is 5.41 Å². The van der Waals surface area contributed by atoms with Gasteiger partial charge in [0.1, 0.15) is 0 Å². The number of carbonyl (C=O) groups excluding carboxylic acids is 1. The zero-order valence-corrected chi connectivity index (χ0v) is 15.1. The second-order valence-electron chi connectivity index (χ2n) is 6.82. The van der Waals surface area contributed by atoms with E-state index in [1.54, 1.807) is 11.1 Å². The number of nitrogens with zero attached hydrogens (tertiary/aromatic N) is 3. The molecule has 5 nitrogen and oxygen atoms in total. The molecular weight excluding hydrogens is 310 g/mol. The number of aromatic nitrogens is 1. The zero-order chi connectivity index (χ0) is 16.4. The Labute approximate surface area is 142 Å². The molecule has 0 aromatic carbocycles. The van der Waals surface area contributed by atoms with Crippen molar-refractivity contribution < 1.29 is 9.53 Å². The predicted molar refractivity (Wildman–Crippen MR) is 92.9 cm³/mol. The molecule has 1 aromatic heterocycles. The fourth-order valence-electron chi connectivity index (χ4n) is 4.39. The molecule has 2 unspecified atom stereocenters. The quantitative estimate of drug-likeness (QED) is 0.801. The maximum atomic E-state index is 12.5. The van der Waals surface area contributed by atoms with Gasteiger partial charge < -0.3 is 4.74 Å². The van der Waals surface area contributed by atoms with E-state index in [-0.39, 0.29) is 11.3 Å². The highest BCUT2D eigenvalue weighted by atomic mass is 32.1. The van der Waals surface area contributed by atoms with Crippen LogP contribution in [-0.2, 0) is 9.53 Å². The van der Waals surface area contributed by atoms with Crippen molar-refractivity contribution in [3.63, 3.8) is 0 Å². The molecule has 2 atom stereocenters. The van der Waals surface area contributed by atoms with Crippen molar-refractivity contribution in [1.82, 2.24) is 9.88 Å². The van der Waals surface area contributed by atoms with Crippen LogP contribution in [0.4, 0.5) is 5.13 Å². The van der Waals surface area contributed by atoms with Gasteiger partial charge in [-0.2, -0.15) is 0 Å². The van der Waals surface area contributed by atoms with E-state index in [9.17, 15) is 4.79 Å². The highest BCUT2D eigenvalue weighted by Gasteiger charge is 2.58. The molecule has 1 amide bonds. The molecule has 2 aliphatic carbocycles. The number of hydrogen-bond acceptors (Lipinski definition) is 5. The third-order valence-electron chi connectivity index (χ3n) is 5.64. The first-order valence-electron chi connectivity index (χ1n) is 8.56. The van der Waals surface area contributed by atoms with Crippen molar-refractivity contribution in [2.45, 2.75) is 51.2 Å². The topological polar surface area (TPSA) is 45.7 Å². The zero-order valence-electron chi connectivity index (χ0n) is 14.3. The van der Waals surface area contributed by atoms with Gasteiger partial charge >= 0.3 is 0 Å². The van der Waals surface area contributed by atoms with Gasteiger partial charge in [0.15, 0.2) is 5.13 Å². The summed E-state index contributed by atoms with van der Waals surface area (Å²) >= 11 is 1.50. The number of rotatable bonds is 6. The molecule has 3 rings (SSSR count). The molecular formula is C17H27N3O2S. The van der Waals surface area contributed by atoms with Crippen LogP contribution in [0, 0.1) is 5.41 Å². The number of anilines is 1. The smallest absolute Gasteiger partial charge is 0.242 e. The van der Waals surface area contributed by atoms with E-state index in [1.807, 2.05) is 12.4 Å². The third-order valence-corrected chi connectivity index (χ3v) is 6.49. The lowest BCUT2D eigenvalue weighted by atomic mass is 9.60. The molecule has 1 spiro atoms. The van der Waals surface area contributed by atoms with Gasteiger partial charge in [-0.1, -0.05) is 12.8 Å². The van der Waals surface area contributed by atoms with Crippen LogP contribution in [0.15, 0.2) is 11.6 Å². The SMILES string of the molecule is CCOC1CC(N(C)CC(=O)N(C)c2nccs2)C12CCCC2. The summed E-state index contributed by atoms with van der Waals surface area (Å²) in [6, 6.07) is 0.468. The van der Waals surface area contributed by atoms with Crippen LogP contribution in [0.5, 0.6) is 0 Å². The van der Waals surface area contributed by atoms with Crippen molar-refractivity contribution in [3.8, 4) is 0 Å². The average molecular weight is 337 g/mol. The van der Waals surface area contributed by atoms with Gasteiger partial charge in [-0.3, -0.25) is 14.6 Å². The standard InChI is InChI=1S/C17H27N3O2S/c1-4-22-14-11-13(17(14)7-5-6-8-17)19(2)12-15(21)20(3)16-18-9-10-23-16/h9-10,13-14H,4-8,11-12H2,1-3H3. The summed E-state index contributed by atoms with van der Waals surface area (Å²) in [6.07, 6.45) is 8.24. The lowest BCUT2D eigenvalue weighted by Crippen LogP contribution is -2.63. The lowest BCUT2D eigenvalue weighted by Gasteiger charge is -2.57. The molecule has 2 saturated carbocycles. The molecule has 128 valence electrons. The molecule has 0 aliphatic heterocycles. The summed E-state index contributed by atoms with van der Waals surface area (Å²) < 4.78 is 5.98. The number of likely N-dealkylation sites (N-methyl/N-ethyl adjacent to an activating group) is 2. The molecule has 2 aliphatic rings. The number of ether oxygens (including phenoxy) is 1. The summed E-state index contributed by atoms with van der Waals surface area (Å²) in [4.78, 5) is 20.7. The Balaban J connectivity index is 1.62. The minimum atomic E-state index is 0.107. The van der Waals surface area contributed by atoms with E-state index in [4.69, 9.17) is 4.74 Å². The Hall–Kier alpha value is -0.980. The molecule has 0 N–H and O–H groups in total. The van der Waals surface area contributed by atoms with Gasteiger partial charge in [-0.05, 0) is 33.2 Å². The first kappa shape index (κ1) is 16.9. The first-order chi connectivity index (χ1) is 11.1. The van der Waals surface area contributed by atoms with Crippen LogP contribution < -0.4 is 4.90 Å². The van der Waals surface area contributed by atoms with Gasteiger partial charge in [0.05, 0.1) is 12.6 Å². The Bertz CT molecular complexity index is 528.